The van der Waals surface area contributed by atoms with Gasteiger partial charge in [-0.05, 0) is 37.3 Å². The molecule has 2 aromatic carbocycles. The van der Waals surface area contributed by atoms with Crippen LogP contribution in [0.1, 0.15) is 27.6 Å². The second kappa shape index (κ2) is 7.82. The Hall–Kier alpha value is -3.55. The lowest BCUT2D eigenvalue weighted by Gasteiger charge is -2.07. The van der Waals surface area contributed by atoms with Gasteiger partial charge in [0.25, 0.3) is 11.6 Å². The van der Waals surface area contributed by atoms with Gasteiger partial charge in [0.15, 0.2) is 12.4 Å². The molecule has 0 aliphatic heterocycles. The fourth-order valence-electron chi connectivity index (χ4n) is 2.00. The molecule has 0 aromatic heterocycles. The molecular weight excluding hydrogens is 328 g/mol. The SMILES string of the molecule is CC(=O)c1ccc(NC(=O)COC(=O)c2ccccc2[N+](=O)[O-])cc1. The number of carbonyl (C=O) groups excluding carboxylic acids is 3. The first kappa shape index (κ1) is 17.8. The number of nitrogens with zero attached hydrogens (tertiary/aromatic N) is 1. The number of benzene rings is 2. The Bertz CT molecular complexity index is 829. The molecule has 8 heteroatoms. The van der Waals surface area contributed by atoms with E-state index < -0.39 is 29.1 Å². The lowest BCUT2D eigenvalue weighted by atomic mass is 10.1. The molecule has 0 aliphatic rings. The van der Waals surface area contributed by atoms with E-state index in [4.69, 9.17) is 4.74 Å². The maximum atomic E-state index is 11.9. The fraction of sp³-hybridized carbons (Fsp3) is 0.118. The molecule has 128 valence electrons. The van der Waals surface area contributed by atoms with Crippen LogP contribution in [-0.4, -0.2) is 29.2 Å². The Morgan fingerprint density at radius 1 is 1.08 bits per heavy atom. The van der Waals surface area contributed by atoms with Crippen molar-refractivity contribution in [2.24, 2.45) is 0 Å². The molecule has 0 atom stereocenters. The zero-order valence-corrected chi connectivity index (χ0v) is 13.2. The van der Waals surface area contributed by atoms with Gasteiger partial charge in [0.1, 0.15) is 5.56 Å². The van der Waals surface area contributed by atoms with Gasteiger partial charge in [0.05, 0.1) is 4.92 Å². The Kier molecular flexibility index (Phi) is 5.57. The number of hydrogen-bond acceptors (Lipinski definition) is 6. The molecule has 8 nitrogen and oxygen atoms in total. The molecule has 0 radical (unpaired) electrons. The Morgan fingerprint density at radius 2 is 1.72 bits per heavy atom. The van der Waals surface area contributed by atoms with Crippen molar-refractivity contribution in [1.29, 1.82) is 0 Å². The van der Waals surface area contributed by atoms with Gasteiger partial charge in [0.2, 0.25) is 0 Å². The average molecular weight is 342 g/mol. The standard InChI is InChI=1S/C17H14N2O6/c1-11(20)12-6-8-13(9-7-12)18-16(21)10-25-17(22)14-4-2-3-5-15(14)19(23)24/h2-9H,10H2,1H3,(H,18,21). The molecule has 0 saturated carbocycles. The van der Waals surface area contributed by atoms with Crippen LogP contribution in [0.15, 0.2) is 48.5 Å². The van der Waals surface area contributed by atoms with E-state index >= 15 is 0 Å². The number of hydrogen-bond donors (Lipinski definition) is 1. The number of nitro groups is 1. The van der Waals surface area contributed by atoms with E-state index in [9.17, 15) is 24.5 Å². The summed E-state index contributed by atoms with van der Waals surface area (Å²) in [5.74, 6) is -1.67. The summed E-state index contributed by atoms with van der Waals surface area (Å²) in [6, 6.07) is 11.5. The average Bonchev–Trinajstić information content (AvgIpc) is 2.60. The van der Waals surface area contributed by atoms with E-state index in [1.54, 1.807) is 24.3 Å². The van der Waals surface area contributed by atoms with Crippen LogP contribution in [0.2, 0.25) is 0 Å². The summed E-state index contributed by atoms with van der Waals surface area (Å²) < 4.78 is 4.81. The molecule has 1 N–H and O–H groups in total. The van der Waals surface area contributed by atoms with Gasteiger partial charge >= 0.3 is 5.97 Å². The molecule has 0 saturated heterocycles. The van der Waals surface area contributed by atoms with E-state index in [2.05, 4.69) is 5.32 Å². The van der Waals surface area contributed by atoms with E-state index in [0.717, 1.165) is 0 Å². The molecule has 0 spiro atoms. The van der Waals surface area contributed by atoms with Gasteiger partial charge in [-0.1, -0.05) is 12.1 Å². The molecule has 2 rings (SSSR count). The molecule has 25 heavy (non-hydrogen) atoms. The minimum atomic E-state index is -0.964. The minimum Gasteiger partial charge on any atom is -0.452 e. The van der Waals surface area contributed by atoms with E-state index in [-0.39, 0.29) is 11.3 Å². The number of ether oxygens (including phenoxy) is 1. The van der Waals surface area contributed by atoms with Crippen molar-refractivity contribution in [2.75, 3.05) is 11.9 Å². The van der Waals surface area contributed by atoms with Crippen LogP contribution >= 0.6 is 0 Å². The third-order valence-corrected chi connectivity index (χ3v) is 3.23. The predicted molar refractivity (Wildman–Crippen MR) is 88.5 cm³/mol. The third kappa shape index (κ3) is 4.71. The van der Waals surface area contributed by atoms with Gasteiger partial charge in [0, 0.05) is 17.3 Å². The maximum Gasteiger partial charge on any atom is 0.345 e. The molecule has 1 amide bonds. The lowest BCUT2D eigenvalue weighted by molar-refractivity contribution is -0.385. The van der Waals surface area contributed by atoms with Crippen LogP contribution in [0.5, 0.6) is 0 Å². The number of nitro benzene ring substituents is 1. The van der Waals surface area contributed by atoms with Crippen molar-refractivity contribution in [2.45, 2.75) is 6.92 Å². The van der Waals surface area contributed by atoms with Crippen LogP contribution in [0.25, 0.3) is 0 Å². The Morgan fingerprint density at radius 3 is 2.32 bits per heavy atom. The first-order valence-electron chi connectivity index (χ1n) is 7.20. The molecule has 0 fully saturated rings. The summed E-state index contributed by atoms with van der Waals surface area (Å²) in [5.41, 5.74) is 0.302. The van der Waals surface area contributed by atoms with E-state index in [0.29, 0.717) is 11.3 Å². The number of amides is 1. The highest BCUT2D eigenvalue weighted by Crippen LogP contribution is 2.18. The summed E-state index contributed by atoms with van der Waals surface area (Å²) in [6.07, 6.45) is 0. The van der Waals surface area contributed by atoms with Crippen LogP contribution in [0, 0.1) is 10.1 Å². The molecule has 0 bridgehead atoms. The van der Waals surface area contributed by atoms with Gasteiger partial charge in [-0.25, -0.2) is 4.79 Å². The van der Waals surface area contributed by atoms with Crippen LogP contribution in [-0.2, 0) is 9.53 Å². The van der Waals surface area contributed by atoms with Gasteiger partial charge < -0.3 is 10.1 Å². The smallest absolute Gasteiger partial charge is 0.345 e. The predicted octanol–water partition coefficient (Wildman–Crippen LogP) is 2.59. The summed E-state index contributed by atoms with van der Waals surface area (Å²) in [5, 5.41) is 13.4. The fourth-order valence-corrected chi connectivity index (χ4v) is 2.00. The Labute approximate surface area is 142 Å². The van der Waals surface area contributed by atoms with E-state index in [1.807, 2.05) is 0 Å². The number of para-hydroxylation sites is 1. The van der Waals surface area contributed by atoms with Gasteiger partial charge in [-0.3, -0.25) is 19.7 Å². The number of rotatable bonds is 6. The summed E-state index contributed by atoms with van der Waals surface area (Å²) in [7, 11) is 0. The number of esters is 1. The van der Waals surface area contributed by atoms with Gasteiger partial charge in [-0.15, -0.1) is 0 Å². The summed E-state index contributed by atoms with van der Waals surface area (Å²) in [6.45, 7) is 0.829. The first-order chi connectivity index (χ1) is 11.9. The zero-order chi connectivity index (χ0) is 18.4. The number of carbonyl (C=O) groups is 3. The Balaban J connectivity index is 1.95. The van der Waals surface area contributed by atoms with Crippen molar-refractivity contribution in [3.05, 3.63) is 69.8 Å². The minimum absolute atomic E-state index is 0.101. The zero-order valence-electron chi connectivity index (χ0n) is 13.2. The third-order valence-electron chi connectivity index (χ3n) is 3.23. The normalized spacial score (nSPS) is 9.96. The maximum absolute atomic E-state index is 11.9. The number of nitrogens with one attached hydrogen (secondary N) is 1. The number of anilines is 1. The van der Waals surface area contributed by atoms with Crippen molar-refractivity contribution < 1.29 is 24.0 Å². The van der Waals surface area contributed by atoms with Crippen molar-refractivity contribution >= 4 is 29.0 Å². The van der Waals surface area contributed by atoms with Crippen LogP contribution < -0.4 is 5.32 Å². The molecule has 0 heterocycles. The summed E-state index contributed by atoms with van der Waals surface area (Å²) in [4.78, 5) is 45.0. The molecule has 0 unspecified atom stereocenters. The van der Waals surface area contributed by atoms with Crippen LogP contribution in [0.3, 0.4) is 0 Å². The quantitative estimate of drug-likeness (QED) is 0.373. The molecule has 0 aliphatic carbocycles. The lowest BCUT2D eigenvalue weighted by Crippen LogP contribution is -2.21. The summed E-state index contributed by atoms with van der Waals surface area (Å²) >= 11 is 0. The highest BCUT2D eigenvalue weighted by molar-refractivity contribution is 5.98. The van der Waals surface area contributed by atoms with Crippen molar-refractivity contribution in [3.8, 4) is 0 Å². The highest BCUT2D eigenvalue weighted by Gasteiger charge is 2.21. The second-order valence-electron chi connectivity index (χ2n) is 5.03. The monoisotopic (exact) mass is 342 g/mol. The molecular formula is C17H14N2O6. The van der Waals surface area contributed by atoms with Gasteiger partial charge in [-0.2, -0.15) is 0 Å². The highest BCUT2D eigenvalue weighted by atomic mass is 16.6. The first-order valence-corrected chi connectivity index (χ1v) is 7.20. The van der Waals surface area contributed by atoms with E-state index in [1.165, 1.54) is 31.2 Å². The van der Waals surface area contributed by atoms with Crippen molar-refractivity contribution in [3.63, 3.8) is 0 Å². The van der Waals surface area contributed by atoms with Crippen molar-refractivity contribution in [1.82, 2.24) is 0 Å². The largest absolute Gasteiger partial charge is 0.452 e. The van der Waals surface area contributed by atoms with Crippen LogP contribution in [0.4, 0.5) is 11.4 Å². The number of ketones is 1. The topological polar surface area (TPSA) is 116 Å². The number of Topliss-reactive ketones (excluding diaryl/α,β-unsaturated/α-hetero) is 1. The molecule has 2 aromatic rings. The second-order valence-corrected chi connectivity index (χ2v) is 5.03.